The summed E-state index contributed by atoms with van der Waals surface area (Å²) in [6, 6.07) is 10.7. The molecule has 1 nitrogen and oxygen atoms in total. The number of anilines is 1. The van der Waals surface area contributed by atoms with Gasteiger partial charge >= 0.3 is 6.18 Å². The Balaban J connectivity index is 2.11. The Morgan fingerprint density at radius 2 is 1.85 bits per heavy atom. The van der Waals surface area contributed by atoms with Gasteiger partial charge in [0.2, 0.25) is 0 Å². The lowest BCUT2D eigenvalue weighted by atomic mass is 10.1. The maximum absolute atomic E-state index is 12.6. The monoisotopic (exact) mass is 299 g/mol. The van der Waals surface area contributed by atoms with Crippen LogP contribution in [0.1, 0.15) is 16.7 Å². The predicted molar refractivity (Wildman–Crippen MR) is 75.0 cm³/mol. The largest absolute Gasteiger partial charge is 0.416 e. The lowest BCUT2D eigenvalue weighted by molar-refractivity contribution is -0.137. The summed E-state index contributed by atoms with van der Waals surface area (Å²) >= 11 is 6.06. The average Bonchev–Trinajstić information content (AvgIpc) is 2.37. The van der Waals surface area contributed by atoms with Gasteiger partial charge in [-0.1, -0.05) is 29.8 Å². The van der Waals surface area contributed by atoms with Gasteiger partial charge in [0.25, 0.3) is 0 Å². The summed E-state index contributed by atoms with van der Waals surface area (Å²) < 4.78 is 37.8. The molecule has 2 aromatic carbocycles. The summed E-state index contributed by atoms with van der Waals surface area (Å²) in [6.07, 6.45) is -4.32. The minimum atomic E-state index is -4.32. The molecule has 20 heavy (non-hydrogen) atoms. The van der Waals surface area contributed by atoms with Crippen LogP contribution in [0.5, 0.6) is 0 Å². The van der Waals surface area contributed by atoms with E-state index in [1.165, 1.54) is 6.07 Å². The van der Waals surface area contributed by atoms with Crippen molar-refractivity contribution in [1.82, 2.24) is 0 Å². The Bertz CT molecular complexity index is 608. The van der Waals surface area contributed by atoms with Crippen LogP contribution in [0.15, 0.2) is 42.5 Å². The first kappa shape index (κ1) is 14.7. The van der Waals surface area contributed by atoms with E-state index in [1.54, 1.807) is 12.1 Å². The first-order valence-corrected chi connectivity index (χ1v) is 6.40. The maximum atomic E-state index is 12.6. The minimum Gasteiger partial charge on any atom is -0.380 e. The van der Waals surface area contributed by atoms with Gasteiger partial charge in [-0.2, -0.15) is 13.2 Å². The van der Waals surface area contributed by atoms with Crippen molar-refractivity contribution in [3.05, 3.63) is 64.2 Å². The van der Waals surface area contributed by atoms with Gasteiger partial charge in [-0.3, -0.25) is 0 Å². The number of benzene rings is 2. The Labute approximate surface area is 120 Å². The fraction of sp³-hybridized carbons (Fsp3) is 0.200. The fourth-order valence-corrected chi connectivity index (χ4v) is 2.12. The Kier molecular flexibility index (Phi) is 4.23. The first-order valence-electron chi connectivity index (χ1n) is 6.02. The van der Waals surface area contributed by atoms with Crippen molar-refractivity contribution in [3.63, 3.8) is 0 Å². The zero-order valence-electron chi connectivity index (χ0n) is 10.8. The topological polar surface area (TPSA) is 12.0 Å². The van der Waals surface area contributed by atoms with E-state index in [4.69, 9.17) is 11.6 Å². The summed E-state index contributed by atoms with van der Waals surface area (Å²) in [4.78, 5) is 0. The maximum Gasteiger partial charge on any atom is 0.416 e. The number of rotatable bonds is 3. The number of alkyl halides is 3. The molecule has 0 saturated carbocycles. The van der Waals surface area contributed by atoms with Crippen LogP contribution in [0.4, 0.5) is 18.9 Å². The van der Waals surface area contributed by atoms with Gasteiger partial charge in [0.15, 0.2) is 0 Å². The van der Waals surface area contributed by atoms with Crippen LogP contribution < -0.4 is 5.32 Å². The number of nitrogens with one attached hydrogen (secondary N) is 1. The second kappa shape index (κ2) is 5.75. The highest BCUT2D eigenvalue weighted by Gasteiger charge is 2.30. The van der Waals surface area contributed by atoms with Crippen LogP contribution >= 0.6 is 11.6 Å². The summed E-state index contributed by atoms with van der Waals surface area (Å²) in [5.41, 5.74) is 1.64. The molecule has 0 aliphatic heterocycles. The van der Waals surface area contributed by atoms with Crippen LogP contribution in [0, 0.1) is 6.92 Å². The van der Waals surface area contributed by atoms with E-state index in [2.05, 4.69) is 5.32 Å². The Morgan fingerprint density at radius 3 is 2.50 bits per heavy atom. The summed E-state index contributed by atoms with van der Waals surface area (Å²) in [7, 11) is 0. The van der Waals surface area contributed by atoms with Crippen molar-refractivity contribution < 1.29 is 13.2 Å². The van der Waals surface area contributed by atoms with Crippen LogP contribution in [0.25, 0.3) is 0 Å². The van der Waals surface area contributed by atoms with Crippen molar-refractivity contribution in [2.75, 3.05) is 5.32 Å². The predicted octanol–water partition coefficient (Wildman–Crippen LogP) is 5.28. The smallest absolute Gasteiger partial charge is 0.380 e. The molecule has 2 aromatic rings. The third kappa shape index (κ3) is 3.67. The number of hydrogen-bond donors (Lipinski definition) is 1. The standard InChI is InChI=1S/C15H13ClF3N/c1-10-5-6-14(13(16)7-10)20-9-11-3-2-4-12(8-11)15(17,18)19/h2-8,20H,9H2,1H3. The zero-order chi connectivity index (χ0) is 14.8. The molecule has 0 fully saturated rings. The van der Waals surface area contributed by atoms with Gasteiger partial charge in [0.05, 0.1) is 16.3 Å². The SMILES string of the molecule is Cc1ccc(NCc2cccc(C(F)(F)F)c2)c(Cl)c1. The molecule has 0 aliphatic carbocycles. The summed E-state index contributed by atoms with van der Waals surface area (Å²) in [5, 5.41) is 3.59. The van der Waals surface area contributed by atoms with Crippen LogP contribution in [-0.2, 0) is 12.7 Å². The first-order chi connectivity index (χ1) is 9.36. The third-order valence-corrected chi connectivity index (χ3v) is 3.17. The van der Waals surface area contributed by atoms with E-state index in [9.17, 15) is 13.2 Å². The summed E-state index contributed by atoms with van der Waals surface area (Å²) in [6.45, 7) is 2.20. The normalized spacial score (nSPS) is 11.4. The van der Waals surface area contributed by atoms with Crippen LogP contribution in [0.3, 0.4) is 0 Å². The molecule has 106 valence electrons. The van der Waals surface area contributed by atoms with Crippen molar-refractivity contribution in [2.45, 2.75) is 19.6 Å². The zero-order valence-corrected chi connectivity index (χ0v) is 11.5. The number of halogens is 4. The van der Waals surface area contributed by atoms with Crippen molar-refractivity contribution in [3.8, 4) is 0 Å². The molecule has 5 heteroatoms. The highest BCUT2D eigenvalue weighted by molar-refractivity contribution is 6.33. The molecular weight excluding hydrogens is 287 g/mol. The van der Waals surface area contributed by atoms with E-state index >= 15 is 0 Å². The lowest BCUT2D eigenvalue weighted by Crippen LogP contribution is -2.07. The molecule has 0 bridgehead atoms. The highest BCUT2D eigenvalue weighted by Crippen LogP contribution is 2.30. The fourth-order valence-electron chi connectivity index (χ4n) is 1.82. The van der Waals surface area contributed by atoms with E-state index in [-0.39, 0.29) is 6.54 Å². The van der Waals surface area contributed by atoms with Gasteiger partial charge in [0, 0.05) is 6.54 Å². The Morgan fingerprint density at radius 1 is 1.10 bits per heavy atom. The molecular formula is C15H13ClF3N. The second-order valence-electron chi connectivity index (χ2n) is 4.53. The van der Waals surface area contributed by atoms with Gasteiger partial charge in [0.1, 0.15) is 0 Å². The van der Waals surface area contributed by atoms with E-state index in [0.29, 0.717) is 16.3 Å². The van der Waals surface area contributed by atoms with Gasteiger partial charge in [-0.25, -0.2) is 0 Å². The molecule has 0 heterocycles. The second-order valence-corrected chi connectivity index (χ2v) is 4.94. The summed E-state index contributed by atoms with van der Waals surface area (Å²) in [5.74, 6) is 0. The van der Waals surface area contributed by atoms with Crippen molar-refractivity contribution in [1.29, 1.82) is 0 Å². The van der Waals surface area contributed by atoms with E-state index in [1.807, 2.05) is 19.1 Å². The molecule has 1 N–H and O–H groups in total. The highest BCUT2D eigenvalue weighted by atomic mass is 35.5. The lowest BCUT2D eigenvalue weighted by Gasteiger charge is -2.11. The number of hydrogen-bond acceptors (Lipinski definition) is 1. The molecule has 0 saturated heterocycles. The quantitative estimate of drug-likeness (QED) is 0.813. The van der Waals surface area contributed by atoms with E-state index < -0.39 is 11.7 Å². The molecule has 0 aliphatic rings. The third-order valence-electron chi connectivity index (χ3n) is 2.86. The van der Waals surface area contributed by atoms with Crippen LogP contribution in [0.2, 0.25) is 5.02 Å². The molecule has 0 atom stereocenters. The van der Waals surface area contributed by atoms with Crippen molar-refractivity contribution >= 4 is 17.3 Å². The molecule has 0 amide bonds. The minimum absolute atomic E-state index is 0.284. The van der Waals surface area contributed by atoms with Gasteiger partial charge in [-0.15, -0.1) is 0 Å². The van der Waals surface area contributed by atoms with Gasteiger partial charge in [-0.05, 0) is 42.3 Å². The Hall–Kier alpha value is -1.68. The average molecular weight is 300 g/mol. The molecule has 0 radical (unpaired) electrons. The van der Waals surface area contributed by atoms with Crippen LogP contribution in [-0.4, -0.2) is 0 Å². The van der Waals surface area contributed by atoms with Gasteiger partial charge < -0.3 is 5.32 Å². The molecule has 0 aromatic heterocycles. The molecule has 0 unspecified atom stereocenters. The number of aryl methyl sites for hydroxylation is 1. The molecule has 2 rings (SSSR count). The molecule has 0 spiro atoms. The van der Waals surface area contributed by atoms with E-state index in [0.717, 1.165) is 17.7 Å². The van der Waals surface area contributed by atoms with Crippen molar-refractivity contribution in [2.24, 2.45) is 0 Å².